The predicted octanol–water partition coefficient (Wildman–Crippen LogP) is 4.08. The molecular weight excluding hydrogens is 224 g/mol. The van der Waals surface area contributed by atoms with Gasteiger partial charge in [0, 0.05) is 0 Å². The van der Waals surface area contributed by atoms with E-state index in [9.17, 15) is 0 Å². The van der Waals surface area contributed by atoms with Crippen LogP contribution in [-0.2, 0) is 12.4 Å². The first-order chi connectivity index (χ1) is 6.68. The summed E-state index contributed by atoms with van der Waals surface area (Å²) < 4.78 is 0. The minimum absolute atomic E-state index is 0.857. The van der Waals surface area contributed by atoms with Crippen molar-refractivity contribution in [1.29, 1.82) is 0 Å². The zero-order valence-corrected chi connectivity index (χ0v) is 14.0. The zero-order chi connectivity index (χ0) is 10.9. The van der Waals surface area contributed by atoms with E-state index in [0.29, 0.717) is 0 Å². The molecule has 0 aliphatic carbocycles. The molecule has 0 aromatic rings. The summed E-state index contributed by atoms with van der Waals surface area (Å²) in [5, 5.41) is 5.00. The van der Waals surface area contributed by atoms with E-state index in [-0.39, 0.29) is 0 Å². The normalized spacial score (nSPS) is 13.4. The second kappa shape index (κ2) is 9.01. The molecule has 0 saturated heterocycles. The maximum absolute atomic E-state index is 2.35. The molecule has 0 aromatic heterocycles. The first kappa shape index (κ1) is 14.7. The zero-order valence-electron chi connectivity index (χ0n) is 10.8. The molecular formula is C12H30CrSi. The van der Waals surface area contributed by atoms with E-state index >= 15 is 0 Å². The van der Waals surface area contributed by atoms with Crippen LogP contribution in [0.1, 0.15) is 59.3 Å². The van der Waals surface area contributed by atoms with Crippen molar-refractivity contribution in [2.24, 2.45) is 0 Å². The fourth-order valence-electron chi connectivity index (χ4n) is 1.78. The van der Waals surface area contributed by atoms with Gasteiger partial charge in [0.2, 0.25) is 0 Å². The topological polar surface area (TPSA) is 0 Å². The summed E-state index contributed by atoms with van der Waals surface area (Å²) in [7, 11) is 1.57. The van der Waals surface area contributed by atoms with Crippen LogP contribution in [-0.4, -0.2) is 8.80 Å². The molecule has 0 heterocycles. The van der Waals surface area contributed by atoms with Gasteiger partial charge in [0.05, 0.1) is 0 Å². The Morgan fingerprint density at radius 3 is 1.21 bits per heavy atom. The van der Waals surface area contributed by atoms with Gasteiger partial charge in [-0.1, -0.05) is 0 Å². The second-order valence-electron chi connectivity index (χ2n) is 4.65. The van der Waals surface area contributed by atoms with E-state index < -0.39 is 12.4 Å². The summed E-state index contributed by atoms with van der Waals surface area (Å²) in [4.78, 5) is 0. The van der Waals surface area contributed by atoms with Gasteiger partial charge in [-0.15, -0.1) is 0 Å². The van der Waals surface area contributed by atoms with Crippen molar-refractivity contribution < 1.29 is 12.4 Å². The SMILES string of the molecule is CCC[CH2][Cr]([SiH3])([CH2]CCC)[CH2]CCC. The average molecular weight is 254 g/mol. The van der Waals surface area contributed by atoms with E-state index in [4.69, 9.17) is 0 Å². The standard InChI is InChI=1S/3C4H9.Cr.H3Si/c3*1-3-4-2;;/h3*1,3-4H2,2H3;;1H3. The van der Waals surface area contributed by atoms with Crippen molar-refractivity contribution in [3.63, 3.8) is 0 Å². The van der Waals surface area contributed by atoms with Gasteiger partial charge in [0.15, 0.2) is 0 Å². The van der Waals surface area contributed by atoms with Crippen LogP contribution in [0.3, 0.4) is 0 Å². The van der Waals surface area contributed by atoms with Crippen molar-refractivity contribution in [1.82, 2.24) is 0 Å². The van der Waals surface area contributed by atoms with E-state index in [1.165, 1.54) is 38.5 Å². The molecule has 0 aliphatic heterocycles. The molecule has 0 nitrogen and oxygen atoms in total. The summed E-state index contributed by atoms with van der Waals surface area (Å²) in [6, 6.07) is 0. The Morgan fingerprint density at radius 1 is 0.714 bits per heavy atom. The Hall–Kier alpha value is 0.749. The van der Waals surface area contributed by atoms with Crippen LogP contribution in [0.2, 0.25) is 15.8 Å². The fraction of sp³-hybridized carbons (Fsp3) is 1.00. The van der Waals surface area contributed by atoms with Crippen molar-refractivity contribution in [2.75, 3.05) is 0 Å². The molecule has 0 radical (unpaired) electrons. The van der Waals surface area contributed by atoms with Gasteiger partial charge >= 0.3 is 96.4 Å². The van der Waals surface area contributed by atoms with Crippen molar-refractivity contribution in [2.45, 2.75) is 75.1 Å². The Kier molecular flexibility index (Phi) is 9.49. The van der Waals surface area contributed by atoms with E-state index in [1.54, 1.807) is 24.7 Å². The molecule has 0 bridgehead atoms. The molecule has 88 valence electrons. The monoisotopic (exact) mass is 254 g/mol. The first-order valence-electron chi connectivity index (χ1n) is 6.40. The van der Waals surface area contributed by atoms with Gasteiger partial charge in [-0.05, 0) is 0 Å². The Bertz CT molecular complexity index is 104. The fourth-order valence-corrected chi connectivity index (χ4v) is 10.9. The summed E-state index contributed by atoms with van der Waals surface area (Å²) in [5.74, 6) is 0. The molecule has 2 heteroatoms. The van der Waals surface area contributed by atoms with E-state index in [0.717, 1.165) is 0 Å². The van der Waals surface area contributed by atoms with Gasteiger partial charge in [-0.2, -0.15) is 0 Å². The van der Waals surface area contributed by atoms with Crippen LogP contribution >= 0.6 is 0 Å². The van der Waals surface area contributed by atoms with Crippen molar-refractivity contribution in [3.05, 3.63) is 0 Å². The van der Waals surface area contributed by atoms with Crippen LogP contribution in [0.25, 0.3) is 0 Å². The molecule has 0 amide bonds. The molecule has 0 atom stereocenters. The molecule has 0 saturated carbocycles. The molecule has 0 spiro atoms. The quantitative estimate of drug-likeness (QED) is 0.544. The number of rotatable bonds is 9. The van der Waals surface area contributed by atoms with Crippen LogP contribution in [0, 0.1) is 0 Å². The molecule has 0 N–H and O–H groups in total. The van der Waals surface area contributed by atoms with Gasteiger partial charge < -0.3 is 0 Å². The summed E-state index contributed by atoms with van der Waals surface area (Å²) in [6.07, 6.45) is 8.82. The predicted molar refractivity (Wildman–Crippen MR) is 69.1 cm³/mol. The molecule has 0 fully saturated rings. The number of hydrogen-bond acceptors (Lipinski definition) is 0. The summed E-state index contributed by atoms with van der Waals surface area (Å²) >= 11 is -0.857. The van der Waals surface area contributed by atoms with Gasteiger partial charge in [-0.25, -0.2) is 0 Å². The maximum atomic E-state index is 2.35. The van der Waals surface area contributed by atoms with Crippen molar-refractivity contribution in [3.8, 4) is 0 Å². The summed E-state index contributed by atoms with van der Waals surface area (Å²) in [5.41, 5.74) is 0. The van der Waals surface area contributed by atoms with Crippen molar-refractivity contribution >= 4 is 8.80 Å². The number of unbranched alkanes of at least 4 members (excludes halogenated alkanes) is 3. The Labute approximate surface area is 96.4 Å². The molecule has 0 aliphatic rings. The Morgan fingerprint density at radius 2 is 1.00 bits per heavy atom. The second-order valence-corrected chi connectivity index (χ2v) is 18.3. The third kappa shape index (κ3) is 7.10. The molecule has 0 unspecified atom stereocenters. The summed E-state index contributed by atoms with van der Waals surface area (Å²) in [6.45, 7) is 7.04. The molecule has 0 aromatic carbocycles. The third-order valence-electron chi connectivity index (χ3n) is 2.97. The third-order valence-corrected chi connectivity index (χ3v) is 14.0. The average Bonchev–Trinajstić information content (AvgIpc) is 2.21. The number of hydrogen-bond donors (Lipinski definition) is 0. The van der Waals surface area contributed by atoms with Gasteiger partial charge in [0.25, 0.3) is 0 Å². The Balaban J connectivity index is 3.89. The van der Waals surface area contributed by atoms with E-state index in [1.807, 2.05) is 0 Å². The van der Waals surface area contributed by atoms with Gasteiger partial charge in [-0.3, -0.25) is 0 Å². The first-order valence-corrected chi connectivity index (χ1v) is 13.7. The van der Waals surface area contributed by atoms with Crippen LogP contribution < -0.4 is 0 Å². The van der Waals surface area contributed by atoms with Crippen LogP contribution in [0.15, 0.2) is 0 Å². The van der Waals surface area contributed by atoms with Crippen LogP contribution in [0.4, 0.5) is 0 Å². The van der Waals surface area contributed by atoms with Crippen LogP contribution in [0.5, 0.6) is 0 Å². The minimum atomic E-state index is -0.857. The molecule has 14 heavy (non-hydrogen) atoms. The molecule has 0 rings (SSSR count). The van der Waals surface area contributed by atoms with E-state index in [2.05, 4.69) is 20.8 Å². The van der Waals surface area contributed by atoms with Gasteiger partial charge in [0.1, 0.15) is 0 Å².